The van der Waals surface area contributed by atoms with Gasteiger partial charge in [0.15, 0.2) is 0 Å². The Bertz CT molecular complexity index is 7860. The van der Waals surface area contributed by atoms with Gasteiger partial charge >= 0.3 is 0 Å². The molecule has 0 spiro atoms. The minimum Gasteiger partial charge on any atom is -0.309 e. The average molecular weight is 1400 g/mol. The molecule has 18 aromatic carbocycles. The van der Waals surface area contributed by atoms with Gasteiger partial charge in [0.1, 0.15) is 0 Å². The zero-order chi connectivity index (χ0) is 72.1. The smallest absolute Gasteiger partial charge is 0.0641 e. The van der Waals surface area contributed by atoms with E-state index in [1.165, 1.54) is 186 Å². The van der Waals surface area contributed by atoms with Crippen LogP contribution in [0.4, 0.5) is 0 Å². The SMILES string of the molecule is c1ccc(-n2c3ccc(-c4ccc5c(c4)c4ccccc4n5-c4cccc5ccccc45)cc3c3c2ccc2c4ccccc4n(-c4ccccc4)c23)cc1.c1ccc(-n2c3ccccc3c3c4c5cc(-c6ccc7c(c6)c6ccccc6n7-c6cccc7ccccc67)ccc5n(-c5ccccc5)c4ccc32)cc1. The molecule has 512 valence electrons. The molecule has 0 unspecified atom stereocenters. The van der Waals surface area contributed by atoms with Gasteiger partial charge in [0.2, 0.25) is 0 Å². The zero-order valence-corrected chi connectivity index (χ0v) is 59.8. The molecule has 0 N–H and O–H groups in total. The van der Waals surface area contributed by atoms with E-state index in [1.54, 1.807) is 0 Å². The molecule has 0 aliphatic carbocycles. The van der Waals surface area contributed by atoms with Crippen molar-refractivity contribution < 1.29 is 0 Å². The fourth-order valence-corrected chi connectivity index (χ4v) is 18.5. The minimum absolute atomic E-state index is 1.15. The van der Waals surface area contributed by atoms with Crippen LogP contribution in [0.2, 0.25) is 0 Å². The first-order chi connectivity index (χ1) is 54.6. The summed E-state index contributed by atoms with van der Waals surface area (Å²) in [5.74, 6) is 0. The molecule has 0 saturated carbocycles. The third kappa shape index (κ3) is 9.24. The summed E-state index contributed by atoms with van der Waals surface area (Å²) < 4.78 is 14.6. The molecular weight excluding hydrogens is 1330 g/mol. The monoisotopic (exact) mass is 1400 g/mol. The molecule has 0 radical (unpaired) electrons. The van der Waals surface area contributed by atoms with Crippen molar-refractivity contribution in [3.8, 4) is 56.4 Å². The predicted octanol–water partition coefficient (Wildman–Crippen LogP) is 27.6. The number of para-hydroxylation sites is 8. The Labute approximate surface area is 632 Å². The molecule has 110 heavy (non-hydrogen) atoms. The second-order valence-electron chi connectivity index (χ2n) is 29.1. The normalized spacial score (nSPS) is 12.0. The van der Waals surface area contributed by atoms with E-state index in [2.05, 4.69) is 428 Å². The van der Waals surface area contributed by atoms with Gasteiger partial charge in [-0.1, -0.05) is 249 Å². The number of nitrogens with zero attached hydrogens (tertiary/aromatic N) is 6. The highest BCUT2D eigenvalue weighted by atomic mass is 15.0. The van der Waals surface area contributed by atoms with E-state index in [4.69, 9.17) is 0 Å². The standard InChI is InChI=1S/2C52H33N3/c1-3-16-37(17-4-1)53-49-30-27-36(33-44(49)51-50(53)31-28-42-40-21-9-11-23-46(40)54(52(42)51)38-18-5-2-6-19-38)35-26-29-48-43(32-35)41-22-10-12-24-47(41)55(48)45-25-13-15-34-14-7-8-20-39(34)45;1-3-16-37(17-4-1)53-46-24-12-10-22-41(46)51-49(53)30-31-50-52(51)43-33-36(27-29-48(43)54(50)38-18-5-2-6-19-38)35-26-28-47-42(32-35)40-21-9-11-23-45(40)55(47)44-25-13-15-34-14-7-8-20-39(34)44/h2*1-33H. The van der Waals surface area contributed by atoms with E-state index in [1.807, 2.05) is 0 Å². The van der Waals surface area contributed by atoms with E-state index in [-0.39, 0.29) is 0 Å². The fourth-order valence-electron chi connectivity index (χ4n) is 18.5. The molecule has 0 atom stereocenters. The molecule has 0 amide bonds. The van der Waals surface area contributed by atoms with E-state index in [9.17, 15) is 0 Å². The highest BCUT2D eigenvalue weighted by molar-refractivity contribution is 6.30. The number of aromatic nitrogens is 6. The van der Waals surface area contributed by atoms with Crippen molar-refractivity contribution in [1.29, 1.82) is 0 Å². The summed E-state index contributed by atoms with van der Waals surface area (Å²) in [6.07, 6.45) is 0. The van der Waals surface area contributed by atoms with Crippen LogP contribution in [0, 0.1) is 0 Å². The van der Waals surface area contributed by atoms with Gasteiger partial charge in [0.05, 0.1) is 77.6 Å². The summed E-state index contributed by atoms with van der Waals surface area (Å²) in [6.45, 7) is 0. The molecule has 24 rings (SSSR count). The number of benzene rings is 18. The van der Waals surface area contributed by atoms with Crippen LogP contribution < -0.4 is 0 Å². The first-order valence-corrected chi connectivity index (χ1v) is 37.9. The van der Waals surface area contributed by atoms with Crippen LogP contribution in [-0.4, -0.2) is 27.4 Å². The first-order valence-electron chi connectivity index (χ1n) is 37.9. The van der Waals surface area contributed by atoms with Gasteiger partial charge in [-0.2, -0.15) is 0 Å². The summed E-state index contributed by atoms with van der Waals surface area (Å²) in [4.78, 5) is 0. The molecular formula is C104H66N6. The highest BCUT2D eigenvalue weighted by Crippen LogP contribution is 2.48. The third-order valence-electron chi connectivity index (χ3n) is 23.2. The quantitative estimate of drug-likeness (QED) is 0.145. The van der Waals surface area contributed by atoms with Crippen LogP contribution in [0.1, 0.15) is 0 Å². The van der Waals surface area contributed by atoms with Crippen LogP contribution in [-0.2, 0) is 0 Å². The number of fused-ring (bicyclic) bond motifs is 22. The maximum Gasteiger partial charge on any atom is 0.0641 e. The van der Waals surface area contributed by atoms with Gasteiger partial charge in [-0.25, -0.2) is 0 Å². The molecule has 0 aliphatic heterocycles. The second-order valence-corrected chi connectivity index (χ2v) is 29.1. The van der Waals surface area contributed by atoms with Gasteiger partial charge in [-0.3, -0.25) is 0 Å². The Balaban J connectivity index is 0.000000132. The summed E-state index contributed by atoms with van der Waals surface area (Å²) in [5, 5.41) is 20.1. The lowest BCUT2D eigenvalue weighted by atomic mass is 9.99. The molecule has 6 nitrogen and oxygen atoms in total. The zero-order valence-electron chi connectivity index (χ0n) is 59.8. The Morgan fingerprint density at radius 1 is 0.136 bits per heavy atom. The second kappa shape index (κ2) is 24.4. The fraction of sp³-hybridized carbons (Fsp3) is 0. The molecule has 0 fully saturated rings. The summed E-state index contributed by atoms with van der Waals surface area (Å²) >= 11 is 0. The van der Waals surface area contributed by atoms with Crippen molar-refractivity contribution in [1.82, 2.24) is 27.4 Å². The molecule has 24 aromatic rings. The number of rotatable bonds is 8. The maximum absolute atomic E-state index is 2.46. The minimum atomic E-state index is 1.15. The Kier molecular flexibility index (Phi) is 13.7. The lowest BCUT2D eigenvalue weighted by molar-refractivity contribution is 1.17. The van der Waals surface area contributed by atoms with Gasteiger partial charge < -0.3 is 27.4 Å². The van der Waals surface area contributed by atoms with E-state index in [0.717, 1.165) is 22.7 Å². The summed E-state index contributed by atoms with van der Waals surface area (Å²) in [7, 11) is 0. The molecule has 0 saturated heterocycles. The summed E-state index contributed by atoms with van der Waals surface area (Å²) in [5.41, 5.74) is 26.3. The third-order valence-corrected chi connectivity index (χ3v) is 23.2. The lowest BCUT2D eigenvalue weighted by Gasteiger charge is -2.12. The van der Waals surface area contributed by atoms with Crippen molar-refractivity contribution in [3.05, 3.63) is 400 Å². The van der Waals surface area contributed by atoms with Crippen LogP contribution >= 0.6 is 0 Å². The average Bonchev–Trinajstić information content (AvgIpc) is 1.55. The summed E-state index contributed by atoms with van der Waals surface area (Å²) in [6, 6.07) is 146. The van der Waals surface area contributed by atoms with E-state index in [0.29, 0.717) is 0 Å². The Morgan fingerprint density at radius 3 is 0.845 bits per heavy atom. The molecule has 6 aromatic heterocycles. The van der Waals surface area contributed by atoms with Gasteiger partial charge in [-0.15, -0.1) is 0 Å². The predicted molar refractivity (Wildman–Crippen MR) is 465 cm³/mol. The first kappa shape index (κ1) is 61.6. The van der Waals surface area contributed by atoms with Crippen LogP contribution in [0.3, 0.4) is 0 Å². The van der Waals surface area contributed by atoms with Gasteiger partial charge in [-0.05, 0) is 185 Å². The van der Waals surface area contributed by atoms with Crippen LogP contribution in [0.15, 0.2) is 400 Å². The number of hydrogen-bond acceptors (Lipinski definition) is 0. The molecule has 0 aliphatic rings. The maximum atomic E-state index is 2.46. The molecule has 6 heteroatoms. The largest absolute Gasteiger partial charge is 0.309 e. The lowest BCUT2D eigenvalue weighted by Crippen LogP contribution is -1.95. The number of hydrogen-bond donors (Lipinski definition) is 0. The van der Waals surface area contributed by atoms with Crippen molar-refractivity contribution in [2.75, 3.05) is 0 Å². The topological polar surface area (TPSA) is 29.6 Å². The van der Waals surface area contributed by atoms with Crippen molar-refractivity contribution in [3.63, 3.8) is 0 Å². The van der Waals surface area contributed by atoms with E-state index >= 15 is 0 Å². The van der Waals surface area contributed by atoms with Crippen LogP contribution in [0.5, 0.6) is 0 Å². The van der Waals surface area contributed by atoms with Crippen molar-refractivity contribution >= 4 is 152 Å². The molecule has 6 heterocycles. The Hall–Kier alpha value is -14.7. The van der Waals surface area contributed by atoms with Crippen molar-refractivity contribution in [2.24, 2.45) is 0 Å². The van der Waals surface area contributed by atoms with Crippen LogP contribution in [0.25, 0.3) is 209 Å². The highest BCUT2D eigenvalue weighted by Gasteiger charge is 2.26. The molecule has 0 bridgehead atoms. The van der Waals surface area contributed by atoms with Gasteiger partial charge in [0.25, 0.3) is 0 Å². The van der Waals surface area contributed by atoms with Gasteiger partial charge in [0, 0.05) is 98.2 Å². The van der Waals surface area contributed by atoms with Crippen molar-refractivity contribution in [2.45, 2.75) is 0 Å². The Morgan fingerprint density at radius 2 is 0.409 bits per heavy atom. The van der Waals surface area contributed by atoms with E-state index < -0.39 is 0 Å².